The van der Waals surface area contributed by atoms with Gasteiger partial charge >= 0.3 is 6.09 Å². The predicted molar refractivity (Wildman–Crippen MR) is 158 cm³/mol. The molecule has 2 aromatic rings. The lowest BCUT2D eigenvalue weighted by Gasteiger charge is -2.39. The molecule has 39 heavy (non-hydrogen) atoms. The summed E-state index contributed by atoms with van der Waals surface area (Å²) in [5.41, 5.74) is 3.66. The first kappa shape index (κ1) is 31.9. The number of benzene rings is 2. The highest BCUT2D eigenvalue weighted by molar-refractivity contribution is 5.99. The number of anilines is 1. The van der Waals surface area contributed by atoms with Gasteiger partial charge in [0.15, 0.2) is 0 Å². The van der Waals surface area contributed by atoms with Crippen molar-refractivity contribution in [1.29, 1.82) is 0 Å². The number of carbonyl (C=O) groups excluding carboxylic acids is 3. The standard InChI is InChI=1S/C32H47N3O4/c1-20(2)18-19-23(5)35(30(37)25(7)33-31(38)39-32(8,9)10)28(26-16-13-15-21(3)24(26)6)29(36)34-27-17-12-11-14-22(27)4/h11-17,20,23,25,28H,18-19H2,1-10H3,(H,33,38)(H,34,36). The zero-order valence-electron chi connectivity index (χ0n) is 25.3. The number of alkyl carbamates (subject to hydrolysis) is 1. The summed E-state index contributed by atoms with van der Waals surface area (Å²) < 4.78 is 5.40. The molecule has 3 atom stereocenters. The SMILES string of the molecule is Cc1ccccc1NC(=O)C(c1cccc(C)c1C)N(C(=O)C(C)NC(=O)OC(C)(C)C)C(C)CCC(C)C. The highest BCUT2D eigenvalue weighted by atomic mass is 16.6. The third-order valence-electron chi connectivity index (χ3n) is 6.87. The van der Waals surface area contributed by atoms with Crippen LogP contribution in [0.3, 0.4) is 0 Å². The Labute approximate surface area is 234 Å². The van der Waals surface area contributed by atoms with Crippen LogP contribution < -0.4 is 10.6 Å². The number of aryl methyl sites for hydroxylation is 2. The first-order chi connectivity index (χ1) is 18.1. The normalized spacial score (nSPS) is 13.8. The van der Waals surface area contributed by atoms with Gasteiger partial charge in [0.25, 0.3) is 5.91 Å². The Kier molecular flexibility index (Phi) is 11.1. The molecule has 3 amide bonds. The summed E-state index contributed by atoms with van der Waals surface area (Å²) in [6.07, 6.45) is 0.921. The second kappa shape index (κ2) is 13.6. The van der Waals surface area contributed by atoms with E-state index in [1.807, 2.05) is 70.2 Å². The number of nitrogens with zero attached hydrogens (tertiary/aromatic N) is 1. The van der Waals surface area contributed by atoms with E-state index < -0.39 is 23.8 Å². The molecule has 3 unspecified atom stereocenters. The summed E-state index contributed by atoms with van der Waals surface area (Å²) in [5.74, 6) is -0.211. The van der Waals surface area contributed by atoms with Crippen LogP contribution in [0.1, 0.15) is 89.6 Å². The van der Waals surface area contributed by atoms with Crippen LogP contribution in [-0.2, 0) is 14.3 Å². The maximum atomic E-state index is 14.1. The number of amides is 3. The fraction of sp³-hybridized carbons (Fsp3) is 0.531. The Morgan fingerprint density at radius 3 is 2.08 bits per heavy atom. The average molecular weight is 538 g/mol. The minimum Gasteiger partial charge on any atom is -0.444 e. The lowest BCUT2D eigenvalue weighted by molar-refractivity contribution is -0.143. The van der Waals surface area contributed by atoms with Gasteiger partial charge in [-0.3, -0.25) is 9.59 Å². The van der Waals surface area contributed by atoms with Gasteiger partial charge in [0.2, 0.25) is 5.91 Å². The summed E-state index contributed by atoms with van der Waals surface area (Å²) in [7, 11) is 0. The fourth-order valence-corrected chi connectivity index (χ4v) is 4.48. The van der Waals surface area contributed by atoms with E-state index in [2.05, 4.69) is 24.5 Å². The number of ether oxygens (including phenoxy) is 1. The molecule has 0 saturated carbocycles. The van der Waals surface area contributed by atoms with E-state index in [1.165, 1.54) is 0 Å². The summed E-state index contributed by atoms with van der Waals surface area (Å²) in [6, 6.07) is 11.3. The van der Waals surface area contributed by atoms with Crippen molar-refractivity contribution in [2.24, 2.45) is 5.92 Å². The van der Waals surface area contributed by atoms with Crippen molar-refractivity contribution in [1.82, 2.24) is 10.2 Å². The zero-order valence-corrected chi connectivity index (χ0v) is 25.3. The Balaban J connectivity index is 2.59. The van der Waals surface area contributed by atoms with Gasteiger partial charge in [0.05, 0.1) is 0 Å². The van der Waals surface area contributed by atoms with E-state index in [0.717, 1.165) is 28.7 Å². The first-order valence-electron chi connectivity index (χ1n) is 13.9. The number of nitrogens with one attached hydrogen (secondary N) is 2. The molecule has 0 aliphatic heterocycles. The Morgan fingerprint density at radius 2 is 1.49 bits per heavy atom. The second-order valence-electron chi connectivity index (χ2n) is 11.9. The number of para-hydroxylation sites is 1. The summed E-state index contributed by atoms with van der Waals surface area (Å²) >= 11 is 0. The number of carbonyl (C=O) groups is 3. The zero-order chi connectivity index (χ0) is 29.5. The molecule has 0 aliphatic carbocycles. The van der Waals surface area contributed by atoms with Gasteiger partial charge in [-0.05, 0) is 102 Å². The molecule has 0 aliphatic rings. The summed E-state index contributed by atoms with van der Waals surface area (Å²) in [4.78, 5) is 42.5. The van der Waals surface area contributed by atoms with E-state index in [9.17, 15) is 14.4 Å². The molecule has 0 spiro atoms. The topological polar surface area (TPSA) is 87.7 Å². The lowest BCUT2D eigenvalue weighted by Crippen LogP contribution is -2.54. The van der Waals surface area contributed by atoms with Crippen molar-refractivity contribution >= 4 is 23.6 Å². The van der Waals surface area contributed by atoms with Gasteiger partial charge in [0.1, 0.15) is 17.7 Å². The van der Waals surface area contributed by atoms with Crippen molar-refractivity contribution < 1.29 is 19.1 Å². The molecule has 2 aromatic carbocycles. The monoisotopic (exact) mass is 537 g/mol. The maximum absolute atomic E-state index is 14.1. The van der Waals surface area contributed by atoms with E-state index in [-0.39, 0.29) is 17.9 Å². The Morgan fingerprint density at radius 1 is 0.872 bits per heavy atom. The molecule has 0 fully saturated rings. The van der Waals surface area contributed by atoms with Gasteiger partial charge < -0.3 is 20.3 Å². The van der Waals surface area contributed by atoms with Crippen LogP contribution in [0.4, 0.5) is 10.5 Å². The van der Waals surface area contributed by atoms with Crippen LogP contribution in [0.25, 0.3) is 0 Å². The van der Waals surface area contributed by atoms with E-state index in [4.69, 9.17) is 4.74 Å². The molecule has 0 aromatic heterocycles. The van der Waals surface area contributed by atoms with Gasteiger partial charge in [-0.1, -0.05) is 50.2 Å². The molecular formula is C32H47N3O4. The minimum absolute atomic E-state index is 0.268. The third kappa shape index (κ3) is 9.12. The van der Waals surface area contributed by atoms with Crippen molar-refractivity contribution in [3.63, 3.8) is 0 Å². The smallest absolute Gasteiger partial charge is 0.408 e. The second-order valence-corrected chi connectivity index (χ2v) is 11.9. The van der Waals surface area contributed by atoms with Crippen molar-refractivity contribution in [3.05, 3.63) is 64.7 Å². The molecule has 2 rings (SSSR count). The molecule has 0 heterocycles. The molecule has 0 saturated heterocycles. The Bertz CT molecular complexity index is 1150. The molecular weight excluding hydrogens is 490 g/mol. The number of hydrogen-bond acceptors (Lipinski definition) is 4. The number of rotatable bonds is 10. The summed E-state index contributed by atoms with van der Waals surface area (Å²) in [6.45, 7) is 19.1. The first-order valence-corrected chi connectivity index (χ1v) is 13.9. The molecule has 2 N–H and O–H groups in total. The van der Waals surface area contributed by atoms with Crippen LogP contribution in [0.5, 0.6) is 0 Å². The molecule has 0 bridgehead atoms. The fourth-order valence-electron chi connectivity index (χ4n) is 4.48. The highest BCUT2D eigenvalue weighted by Crippen LogP contribution is 2.32. The van der Waals surface area contributed by atoms with Crippen LogP contribution >= 0.6 is 0 Å². The Hall–Kier alpha value is -3.35. The van der Waals surface area contributed by atoms with Crippen LogP contribution in [0.2, 0.25) is 0 Å². The highest BCUT2D eigenvalue weighted by Gasteiger charge is 2.38. The van der Waals surface area contributed by atoms with Crippen LogP contribution in [0, 0.1) is 26.7 Å². The molecule has 7 nitrogen and oxygen atoms in total. The predicted octanol–water partition coefficient (Wildman–Crippen LogP) is 6.86. The van der Waals surface area contributed by atoms with E-state index >= 15 is 0 Å². The largest absolute Gasteiger partial charge is 0.444 e. The van der Waals surface area contributed by atoms with E-state index in [1.54, 1.807) is 32.6 Å². The van der Waals surface area contributed by atoms with Gasteiger partial charge in [-0.25, -0.2) is 4.79 Å². The van der Waals surface area contributed by atoms with E-state index in [0.29, 0.717) is 18.0 Å². The van der Waals surface area contributed by atoms with Gasteiger partial charge in [-0.2, -0.15) is 0 Å². The average Bonchev–Trinajstić information content (AvgIpc) is 2.82. The van der Waals surface area contributed by atoms with Gasteiger partial charge in [-0.15, -0.1) is 0 Å². The number of hydrogen-bond donors (Lipinski definition) is 2. The van der Waals surface area contributed by atoms with Gasteiger partial charge in [0, 0.05) is 11.7 Å². The van der Waals surface area contributed by atoms with Crippen LogP contribution in [-0.4, -0.2) is 40.5 Å². The van der Waals surface area contributed by atoms with Crippen molar-refractivity contribution in [2.75, 3.05) is 5.32 Å². The minimum atomic E-state index is -0.903. The molecule has 0 radical (unpaired) electrons. The maximum Gasteiger partial charge on any atom is 0.408 e. The molecule has 7 heteroatoms. The van der Waals surface area contributed by atoms with Crippen LogP contribution in [0.15, 0.2) is 42.5 Å². The third-order valence-corrected chi connectivity index (χ3v) is 6.87. The van der Waals surface area contributed by atoms with Crippen molar-refractivity contribution in [2.45, 2.75) is 106 Å². The lowest BCUT2D eigenvalue weighted by atomic mass is 9.92. The molecule has 214 valence electrons. The van der Waals surface area contributed by atoms with Crippen molar-refractivity contribution in [3.8, 4) is 0 Å². The summed E-state index contributed by atoms with van der Waals surface area (Å²) in [5, 5.41) is 5.76. The quantitative estimate of drug-likeness (QED) is 0.347.